The molecule has 126 valence electrons. The number of piperidine rings is 1. The maximum Gasteiger partial charge on any atom is 0.167 e. The molecule has 23 heavy (non-hydrogen) atoms. The number of likely N-dealkylation sites (tertiary alicyclic amines) is 1. The van der Waals surface area contributed by atoms with Gasteiger partial charge in [0, 0.05) is 24.1 Å². The Hall–Kier alpha value is -1.35. The zero-order valence-corrected chi connectivity index (χ0v) is 14.5. The van der Waals surface area contributed by atoms with Crippen LogP contribution >= 0.6 is 0 Å². The molecule has 0 spiro atoms. The van der Waals surface area contributed by atoms with Crippen molar-refractivity contribution in [3.8, 4) is 5.75 Å². The lowest BCUT2D eigenvalue weighted by Crippen LogP contribution is -2.43. The van der Waals surface area contributed by atoms with Gasteiger partial charge in [-0.05, 0) is 58.2 Å². The summed E-state index contributed by atoms with van der Waals surface area (Å²) in [6.07, 6.45) is 7.65. The van der Waals surface area contributed by atoms with Crippen LogP contribution in [0.4, 0.5) is 0 Å². The zero-order chi connectivity index (χ0) is 16.2. The van der Waals surface area contributed by atoms with Gasteiger partial charge in [0.15, 0.2) is 5.78 Å². The maximum atomic E-state index is 12.9. The van der Waals surface area contributed by atoms with Crippen molar-refractivity contribution in [1.82, 2.24) is 4.90 Å². The van der Waals surface area contributed by atoms with E-state index in [4.69, 9.17) is 4.74 Å². The predicted octanol–water partition coefficient (Wildman–Crippen LogP) is 4.31. The first kappa shape index (κ1) is 16.5. The molecule has 1 aromatic rings. The third-order valence-electron chi connectivity index (χ3n) is 5.16. The minimum atomic E-state index is 0.132. The van der Waals surface area contributed by atoms with Crippen molar-refractivity contribution in [2.24, 2.45) is 5.92 Å². The zero-order valence-electron chi connectivity index (χ0n) is 14.5. The molecule has 1 aromatic carbocycles. The Kier molecular flexibility index (Phi) is 5.37. The second kappa shape index (κ2) is 7.48. The van der Waals surface area contributed by atoms with E-state index in [0.29, 0.717) is 5.78 Å². The van der Waals surface area contributed by atoms with E-state index < -0.39 is 0 Å². The smallest absolute Gasteiger partial charge is 0.167 e. The second-order valence-electron chi connectivity index (χ2n) is 7.33. The van der Waals surface area contributed by atoms with E-state index >= 15 is 0 Å². The van der Waals surface area contributed by atoms with Gasteiger partial charge < -0.3 is 4.74 Å². The number of benzene rings is 1. The molecule has 0 amide bonds. The summed E-state index contributed by atoms with van der Waals surface area (Å²) in [5.41, 5.74) is 0.807. The van der Waals surface area contributed by atoms with Crippen LogP contribution in [0.1, 0.15) is 62.7 Å². The monoisotopic (exact) mass is 315 g/mol. The SMILES string of the molecule is CC(C)Oc1cccc(C(=O)[C@@H]2CCCN(C3CCCC3)C2)c1. The van der Waals surface area contributed by atoms with Gasteiger partial charge in [-0.1, -0.05) is 25.0 Å². The Morgan fingerprint density at radius 3 is 2.70 bits per heavy atom. The summed E-state index contributed by atoms with van der Waals surface area (Å²) in [5, 5.41) is 0. The Bertz CT molecular complexity index is 534. The molecule has 0 aromatic heterocycles. The van der Waals surface area contributed by atoms with Crippen LogP contribution in [-0.4, -0.2) is 35.9 Å². The van der Waals surface area contributed by atoms with E-state index in [9.17, 15) is 4.79 Å². The number of ether oxygens (including phenoxy) is 1. The van der Waals surface area contributed by atoms with E-state index in [-0.39, 0.29) is 12.0 Å². The minimum absolute atomic E-state index is 0.132. The summed E-state index contributed by atoms with van der Waals surface area (Å²) in [4.78, 5) is 15.5. The van der Waals surface area contributed by atoms with Gasteiger partial charge in [-0.2, -0.15) is 0 Å². The molecule has 1 aliphatic heterocycles. The predicted molar refractivity (Wildman–Crippen MR) is 93.1 cm³/mol. The van der Waals surface area contributed by atoms with Crippen molar-refractivity contribution in [2.75, 3.05) is 13.1 Å². The average Bonchev–Trinajstić information content (AvgIpc) is 3.08. The van der Waals surface area contributed by atoms with Gasteiger partial charge in [-0.15, -0.1) is 0 Å². The molecule has 0 bridgehead atoms. The van der Waals surface area contributed by atoms with Crippen LogP contribution in [-0.2, 0) is 0 Å². The molecule has 1 aliphatic carbocycles. The number of carbonyl (C=O) groups excluding carboxylic acids is 1. The van der Waals surface area contributed by atoms with E-state index in [2.05, 4.69) is 4.90 Å². The Labute approximate surface area is 140 Å². The average molecular weight is 315 g/mol. The van der Waals surface area contributed by atoms with E-state index in [1.807, 2.05) is 38.1 Å². The molecule has 2 aliphatic rings. The first-order valence-corrected chi connectivity index (χ1v) is 9.18. The van der Waals surface area contributed by atoms with Crippen LogP contribution in [0.5, 0.6) is 5.75 Å². The fraction of sp³-hybridized carbons (Fsp3) is 0.650. The molecule has 3 rings (SSSR count). The summed E-state index contributed by atoms with van der Waals surface area (Å²) >= 11 is 0. The Balaban J connectivity index is 1.67. The van der Waals surface area contributed by atoms with Crippen molar-refractivity contribution in [1.29, 1.82) is 0 Å². The molecule has 1 atom stereocenters. The van der Waals surface area contributed by atoms with Crippen molar-refractivity contribution in [3.05, 3.63) is 29.8 Å². The Morgan fingerprint density at radius 2 is 1.96 bits per heavy atom. The molecular formula is C20H29NO2. The lowest BCUT2D eigenvalue weighted by atomic mass is 9.89. The fourth-order valence-electron chi connectivity index (χ4n) is 4.05. The standard InChI is InChI=1S/C20H29NO2/c1-15(2)23-19-11-5-7-16(13-19)20(22)17-8-6-12-21(14-17)18-9-3-4-10-18/h5,7,11,13,15,17-18H,3-4,6,8-10,12,14H2,1-2H3/t17-/m1/s1. The van der Waals surface area contributed by atoms with Gasteiger partial charge in [-0.25, -0.2) is 0 Å². The van der Waals surface area contributed by atoms with E-state index in [1.165, 1.54) is 32.2 Å². The van der Waals surface area contributed by atoms with Gasteiger partial charge in [-0.3, -0.25) is 9.69 Å². The van der Waals surface area contributed by atoms with Gasteiger partial charge in [0.25, 0.3) is 0 Å². The highest BCUT2D eigenvalue weighted by atomic mass is 16.5. The number of hydrogen-bond acceptors (Lipinski definition) is 3. The van der Waals surface area contributed by atoms with E-state index in [0.717, 1.165) is 36.7 Å². The van der Waals surface area contributed by atoms with Crippen LogP contribution in [0.25, 0.3) is 0 Å². The van der Waals surface area contributed by atoms with E-state index in [1.54, 1.807) is 0 Å². The number of hydrogen-bond donors (Lipinski definition) is 0. The first-order chi connectivity index (χ1) is 11.1. The van der Waals surface area contributed by atoms with Gasteiger partial charge in [0.1, 0.15) is 5.75 Å². The topological polar surface area (TPSA) is 29.5 Å². The molecule has 3 heteroatoms. The molecule has 1 saturated heterocycles. The summed E-state index contributed by atoms with van der Waals surface area (Å²) in [5.74, 6) is 1.25. The number of Topliss-reactive ketones (excluding diaryl/α,β-unsaturated/α-hetero) is 1. The number of carbonyl (C=O) groups is 1. The van der Waals surface area contributed by atoms with Crippen molar-refractivity contribution in [2.45, 2.75) is 64.5 Å². The summed E-state index contributed by atoms with van der Waals surface area (Å²) in [7, 11) is 0. The second-order valence-corrected chi connectivity index (χ2v) is 7.33. The number of rotatable bonds is 5. The molecule has 1 saturated carbocycles. The summed E-state index contributed by atoms with van der Waals surface area (Å²) in [6.45, 7) is 6.13. The summed E-state index contributed by atoms with van der Waals surface area (Å²) < 4.78 is 5.73. The lowest BCUT2D eigenvalue weighted by Gasteiger charge is -2.36. The molecule has 0 N–H and O–H groups in total. The van der Waals surface area contributed by atoms with Gasteiger partial charge in [0.2, 0.25) is 0 Å². The Morgan fingerprint density at radius 1 is 1.17 bits per heavy atom. The minimum Gasteiger partial charge on any atom is -0.491 e. The molecule has 2 fully saturated rings. The molecular weight excluding hydrogens is 286 g/mol. The quantitative estimate of drug-likeness (QED) is 0.758. The largest absolute Gasteiger partial charge is 0.491 e. The number of nitrogens with zero attached hydrogens (tertiary/aromatic N) is 1. The van der Waals surface area contributed by atoms with Crippen LogP contribution in [0.3, 0.4) is 0 Å². The summed E-state index contributed by atoms with van der Waals surface area (Å²) in [6, 6.07) is 8.44. The highest BCUT2D eigenvalue weighted by Gasteiger charge is 2.31. The van der Waals surface area contributed by atoms with Crippen LogP contribution < -0.4 is 4.74 Å². The maximum absolute atomic E-state index is 12.9. The third-order valence-corrected chi connectivity index (χ3v) is 5.16. The molecule has 3 nitrogen and oxygen atoms in total. The molecule has 1 heterocycles. The highest BCUT2D eigenvalue weighted by molar-refractivity contribution is 5.98. The first-order valence-electron chi connectivity index (χ1n) is 9.18. The third kappa shape index (κ3) is 4.14. The normalized spacial score (nSPS) is 23.3. The lowest BCUT2D eigenvalue weighted by molar-refractivity contribution is 0.0756. The number of ketones is 1. The molecule has 0 radical (unpaired) electrons. The van der Waals surface area contributed by atoms with Gasteiger partial charge in [0.05, 0.1) is 6.10 Å². The molecule has 0 unspecified atom stereocenters. The van der Waals surface area contributed by atoms with Crippen LogP contribution in [0.2, 0.25) is 0 Å². The van der Waals surface area contributed by atoms with Crippen LogP contribution in [0.15, 0.2) is 24.3 Å². The van der Waals surface area contributed by atoms with Crippen molar-refractivity contribution < 1.29 is 9.53 Å². The highest BCUT2D eigenvalue weighted by Crippen LogP contribution is 2.29. The van der Waals surface area contributed by atoms with Crippen LogP contribution in [0, 0.1) is 5.92 Å². The van der Waals surface area contributed by atoms with Crippen molar-refractivity contribution >= 4 is 5.78 Å². The fourth-order valence-corrected chi connectivity index (χ4v) is 4.05. The van der Waals surface area contributed by atoms with Gasteiger partial charge >= 0.3 is 0 Å². The van der Waals surface area contributed by atoms with Crippen molar-refractivity contribution in [3.63, 3.8) is 0 Å².